The lowest BCUT2D eigenvalue weighted by molar-refractivity contribution is -0.0809. The van der Waals surface area contributed by atoms with Gasteiger partial charge in [-0.25, -0.2) is 0 Å². The molecule has 1 saturated carbocycles. The molecule has 5 nitrogen and oxygen atoms in total. The van der Waals surface area contributed by atoms with E-state index in [0.29, 0.717) is 18.1 Å². The Hall–Kier alpha value is -1.43. The molecular weight excluding hydrogens is 270 g/mol. The number of nitrogens with one attached hydrogen (secondary N) is 1. The van der Waals surface area contributed by atoms with Gasteiger partial charge in [0.1, 0.15) is 0 Å². The van der Waals surface area contributed by atoms with Crippen LogP contribution in [0.4, 0.5) is 0 Å². The van der Waals surface area contributed by atoms with Crippen LogP contribution >= 0.6 is 0 Å². The number of amides is 1. The van der Waals surface area contributed by atoms with Crippen molar-refractivity contribution in [2.24, 2.45) is 11.8 Å². The molecule has 21 heavy (non-hydrogen) atoms. The Morgan fingerprint density at radius 2 is 2.19 bits per heavy atom. The maximum atomic E-state index is 12.3. The number of rotatable bonds is 5. The van der Waals surface area contributed by atoms with Crippen molar-refractivity contribution in [3.63, 3.8) is 0 Å². The van der Waals surface area contributed by atoms with E-state index in [9.17, 15) is 4.79 Å². The molecule has 1 heterocycles. The number of fused-ring (bicyclic) bond motifs is 1. The Bertz CT molecular complexity index is 502. The number of hydrogen-bond acceptors (Lipinski definition) is 4. The van der Waals surface area contributed by atoms with Gasteiger partial charge in [0.25, 0.3) is 5.91 Å². The van der Waals surface area contributed by atoms with Crippen LogP contribution in [-0.4, -0.2) is 43.5 Å². The number of benzene rings is 1. The number of carbonyl (C=O) groups is 1. The lowest BCUT2D eigenvalue weighted by atomic mass is 9.67. The molecule has 1 saturated heterocycles. The van der Waals surface area contributed by atoms with Crippen LogP contribution in [0.3, 0.4) is 0 Å². The Morgan fingerprint density at radius 1 is 1.43 bits per heavy atom. The van der Waals surface area contributed by atoms with Crippen LogP contribution in [0, 0.1) is 11.8 Å². The maximum Gasteiger partial charge on any atom is 0.251 e. The van der Waals surface area contributed by atoms with E-state index >= 15 is 0 Å². The van der Waals surface area contributed by atoms with E-state index in [-0.39, 0.29) is 30.6 Å². The minimum absolute atomic E-state index is 0.0124. The molecule has 114 valence electrons. The summed E-state index contributed by atoms with van der Waals surface area (Å²) >= 11 is 0. The van der Waals surface area contributed by atoms with E-state index in [1.165, 1.54) is 0 Å². The van der Waals surface area contributed by atoms with Crippen molar-refractivity contribution >= 4 is 5.91 Å². The lowest BCUT2D eigenvalue weighted by Crippen LogP contribution is -2.62. The standard InChI is InChI=1S/C16H21NO4/c1-20-9-13-14(12-6-7-21-15(12)13)17-16(19)11-4-2-10(8-18)3-5-11/h2-5,12-15,18H,6-9H2,1H3,(H,17,19)/t12-,13+,14+,15-/m1/s1. The quantitative estimate of drug-likeness (QED) is 0.848. The molecule has 2 aliphatic rings. The predicted octanol–water partition coefficient (Wildman–Crippen LogP) is 0.959. The Labute approximate surface area is 124 Å². The highest BCUT2D eigenvalue weighted by atomic mass is 16.5. The highest BCUT2D eigenvalue weighted by molar-refractivity contribution is 5.94. The lowest BCUT2D eigenvalue weighted by Gasteiger charge is -2.47. The van der Waals surface area contributed by atoms with Gasteiger partial charge in [-0.15, -0.1) is 0 Å². The average molecular weight is 291 g/mol. The summed E-state index contributed by atoms with van der Waals surface area (Å²) in [5.41, 5.74) is 1.42. The predicted molar refractivity (Wildman–Crippen MR) is 76.8 cm³/mol. The molecule has 5 heteroatoms. The van der Waals surface area contributed by atoms with Crippen molar-refractivity contribution in [1.82, 2.24) is 5.32 Å². The van der Waals surface area contributed by atoms with Gasteiger partial charge in [-0.2, -0.15) is 0 Å². The zero-order valence-corrected chi connectivity index (χ0v) is 12.1. The molecule has 1 aromatic carbocycles. The van der Waals surface area contributed by atoms with Crippen LogP contribution in [0.2, 0.25) is 0 Å². The summed E-state index contributed by atoms with van der Waals surface area (Å²) in [5, 5.41) is 12.1. The summed E-state index contributed by atoms with van der Waals surface area (Å²) in [6.45, 7) is 1.37. The van der Waals surface area contributed by atoms with Crippen LogP contribution in [-0.2, 0) is 16.1 Å². The van der Waals surface area contributed by atoms with Crippen LogP contribution in [0.5, 0.6) is 0 Å². The van der Waals surface area contributed by atoms with E-state index in [0.717, 1.165) is 18.6 Å². The van der Waals surface area contributed by atoms with Gasteiger partial charge in [-0.3, -0.25) is 4.79 Å². The summed E-state index contributed by atoms with van der Waals surface area (Å²) in [5.74, 6) is 0.574. The third kappa shape index (κ3) is 2.69. The smallest absolute Gasteiger partial charge is 0.251 e. The van der Waals surface area contributed by atoms with Gasteiger partial charge in [0.15, 0.2) is 0 Å². The zero-order chi connectivity index (χ0) is 14.8. The second-order valence-corrected chi connectivity index (χ2v) is 5.76. The fourth-order valence-electron chi connectivity index (χ4n) is 3.43. The van der Waals surface area contributed by atoms with Crippen LogP contribution in [0.1, 0.15) is 22.3 Å². The van der Waals surface area contributed by atoms with Crippen molar-refractivity contribution in [2.45, 2.75) is 25.2 Å². The van der Waals surface area contributed by atoms with Crippen molar-refractivity contribution in [2.75, 3.05) is 20.3 Å². The van der Waals surface area contributed by atoms with Gasteiger partial charge in [0.05, 0.1) is 19.3 Å². The van der Waals surface area contributed by atoms with Crippen LogP contribution in [0.15, 0.2) is 24.3 Å². The van der Waals surface area contributed by atoms with E-state index in [2.05, 4.69) is 5.32 Å². The average Bonchev–Trinajstić information content (AvgIpc) is 2.94. The zero-order valence-electron chi connectivity index (χ0n) is 12.1. The third-order valence-electron chi connectivity index (χ3n) is 4.58. The normalized spacial score (nSPS) is 30.6. The minimum atomic E-state index is -0.0732. The second kappa shape index (κ2) is 6.13. The first kappa shape index (κ1) is 14.5. The molecule has 0 bridgehead atoms. The first-order valence-electron chi connectivity index (χ1n) is 7.36. The molecule has 0 radical (unpaired) electrons. The third-order valence-corrected chi connectivity index (χ3v) is 4.58. The van der Waals surface area contributed by atoms with Crippen molar-refractivity contribution < 1.29 is 19.4 Å². The van der Waals surface area contributed by atoms with E-state index in [4.69, 9.17) is 14.6 Å². The first-order valence-corrected chi connectivity index (χ1v) is 7.36. The Kier molecular flexibility index (Phi) is 4.24. The van der Waals surface area contributed by atoms with Crippen LogP contribution in [0.25, 0.3) is 0 Å². The molecule has 0 aromatic heterocycles. The molecule has 4 atom stereocenters. The number of aliphatic hydroxyl groups is 1. The second-order valence-electron chi connectivity index (χ2n) is 5.76. The van der Waals surface area contributed by atoms with Crippen molar-refractivity contribution in [3.8, 4) is 0 Å². The van der Waals surface area contributed by atoms with Gasteiger partial charge in [-0.1, -0.05) is 12.1 Å². The highest BCUT2D eigenvalue weighted by Gasteiger charge is 2.54. The molecule has 1 aromatic rings. The monoisotopic (exact) mass is 291 g/mol. The fraction of sp³-hybridized carbons (Fsp3) is 0.562. The molecule has 0 spiro atoms. The van der Waals surface area contributed by atoms with Gasteiger partial charge in [-0.05, 0) is 24.1 Å². The van der Waals surface area contributed by atoms with E-state index in [1.54, 1.807) is 31.4 Å². The number of methoxy groups -OCH3 is 1. The van der Waals surface area contributed by atoms with Gasteiger partial charge >= 0.3 is 0 Å². The summed E-state index contributed by atoms with van der Waals surface area (Å²) < 4.78 is 10.9. The van der Waals surface area contributed by atoms with Crippen molar-refractivity contribution in [3.05, 3.63) is 35.4 Å². The van der Waals surface area contributed by atoms with Crippen molar-refractivity contribution in [1.29, 1.82) is 0 Å². The molecule has 3 rings (SSSR count). The number of aliphatic hydroxyl groups excluding tert-OH is 1. The van der Waals surface area contributed by atoms with Gasteiger partial charge in [0, 0.05) is 37.2 Å². The molecular formula is C16H21NO4. The Morgan fingerprint density at radius 3 is 2.86 bits per heavy atom. The molecule has 1 aliphatic heterocycles. The van der Waals surface area contributed by atoms with Gasteiger partial charge < -0.3 is 19.9 Å². The summed E-state index contributed by atoms with van der Waals surface area (Å²) in [4.78, 5) is 12.3. The van der Waals surface area contributed by atoms with Crippen LogP contribution < -0.4 is 5.32 Å². The van der Waals surface area contributed by atoms with E-state index < -0.39 is 0 Å². The molecule has 1 aliphatic carbocycles. The molecule has 1 amide bonds. The number of ether oxygens (including phenoxy) is 2. The maximum absolute atomic E-state index is 12.3. The molecule has 0 unspecified atom stereocenters. The van der Waals surface area contributed by atoms with Gasteiger partial charge in [0.2, 0.25) is 0 Å². The summed E-state index contributed by atoms with van der Waals surface area (Å²) in [6, 6.07) is 7.15. The summed E-state index contributed by atoms with van der Waals surface area (Å²) in [7, 11) is 1.68. The number of hydrogen-bond donors (Lipinski definition) is 2. The Balaban J connectivity index is 1.65. The molecule has 2 fully saturated rings. The minimum Gasteiger partial charge on any atom is -0.392 e. The first-order chi connectivity index (χ1) is 10.2. The fourth-order valence-corrected chi connectivity index (χ4v) is 3.43. The summed E-state index contributed by atoms with van der Waals surface area (Å²) in [6.07, 6.45) is 1.23. The SMILES string of the molecule is COC[C@H]1[C@@H](NC(=O)c2ccc(CO)cc2)[C@H]2CCO[C@H]21. The topological polar surface area (TPSA) is 67.8 Å². The largest absolute Gasteiger partial charge is 0.392 e. The van der Waals surface area contributed by atoms with E-state index in [1.807, 2.05) is 0 Å². The highest BCUT2D eigenvalue weighted by Crippen LogP contribution is 2.43. The number of carbonyl (C=O) groups excluding carboxylic acids is 1. The molecule has 2 N–H and O–H groups in total.